The van der Waals surface area contributed by atoms with Gasteiger partial charge in [0.05, 0.1) is 10.7 Å². The van der Waals surface area contributed by atoms with Crippen molar-refractivity contribution in [3.63, 3.8) is 0 Å². The van der Waals surface area contributed by atoms with Gasteiger partial charge in [-0.3, -0.25) is 4.40 Å². The van der Waals surface area contributed by atoms with Gasteiger partial charge in [-0.15, -0.1) is 0 Å². The number of hydrogen-bond acceptors (Lipinski definition) is 4. The van der Waals surface area contributed by atoms with E-state index in [1.54, 1.807) is 28.9 Å². The van der Waals surface area contributed by atoms with Crippen molar-refractivity contribution >= 4 is 23.1 Å². The number of anilines is 1. The van der Waals surface area contributed by atoms with Gasteiger partial charge in [0.2, 0.25) is 0 Å². The Labute approximate surface area is 108 Å². The lowest BCUT2D eigenvalue weighted by atomic mass is 10.3. The molecule has 0 bridgehead atoms. The fourth-order valence-electron chi connectivity index (χ4n) is 1.81. The Kier molecular flexibility index (Phi) is 2.41. The monoisotopic (exact) mass is 259 g/mol. The second kappa shape index (κ2) is 3.96. The third-order valence-electron chi connectivity index (χ3n) is 2.64. The number of nitrogen functional groups attached to an aromatic ring is 1. The molecule has 5 nitrogen and oxygen atoms in total. The van der Waals surface area contributed by atoms with E-state index in [0.717, 1.165) is 5.65 Å². The first kappa shape index (κ1) is 11.0. The van der Waals surface area contributed by atoms with Crippen LogP contribution in [-0.4, -0.2) is 19.4 Å². The van der Waals surface area contributed by atoms with Gasteiger partial charge in [-0.1, -0.05) is 11.6 Å². The summed E-state index contributed by atoms with van der Waals surface area (Å²) in [5.74, 6) is 1.20. The van der Waals surface area contributed by atoms with Gasteiger partial charge in [-0.25, -0.2) is 15.0 Å². The van der Waals surface area contributed by atoms with Crippen molar-refractivity contribution in [1.82, 2.24) is 19.4 Å². The number of hydrogen-bond donors (Lipinski definition) is 1. The lowest BCUT2D eigenvalue weighted by molar-refractivity contribution is 1.05. The van der Waals surface area contributed by atoms with Crippen LogP contribution >= 0.6 is 11.6 Å². The summed E-state index contributed by atoms with van der Waals surface area (Å²) in [5, 5.41) is 0.608. The second-order valence-corrected chi connectivity index (χ2v) is 4.35. The number of pyridine rings is 1. The van der Waals surface area contributed by atoms with Crippen LogP contribution in [0.15, 0.2) is 30.6 Å². The molecule has 0 saturated carbocycles. The zero-order valence-corrected chi connectivity index (χ0v) is 10.4. The first-order valence-corrected chi connectivity index (χ1v) is 5.76. The van der Waals surface area contributed by atoms with Crippen LogP contribution in [0.5, 0.6) is 0 Å². The summed E-state index contributed by atoms with van der Waals surface area (Å²) in [6, 6.07) is 5.38. The first-order chi connectivity index (χ1) is 8.65. The van der Waals surface area contributed by atoms with Crippen LogP contribution in [0, 0.1) is 6.92 Å². The molecule has 3 rings (SSSR count). The molecule has 3 aromatic rings. The Bertz CT molecular complexity index is 734. The molecule has 6 heteroatoms. The molecule has 0 fully saturated rings. The van der Waals surface area contributed by atoms with Gasteiger partial charge in [0, 0.05) is 12.4 Å². The van der Waals surface area contributed by atoms with E-state index >= 15 is 0 Å². The minimum Gasteiger partial charge on any atom is -0.383 e. The summed E-state index contributed by atoms with van der Waals surface area (Å²) in [4.78, 5) is 12.8. The van der Waals surface area contributed by atoms with Gasteiger partial charge in [0.25, 0.3) is 0 Å². The fraction of sp³-hybridized carbons (Fsp3) is 0.0833. The van der Waals surface area contributed by atoms with Crippen molar-refractivity contribution in [1.29, 1.82) is 0 Å². The summed E-state index contributed by atoms with van der Waals surface area (Å²) in [6.07, 6.45) is 3.42. The molecule has 3 heterocycles. The highest BCUT2D eigenvalue weighted by molar-refractivity contribution is 6.30. The molecule has 0 saturated heterocycles. The number of nitrogens with two attached hydrogens (primary N) is 1. The van der Waals surface area contributed by atoms with E-state index in [1.807, 2.05) is 13.0 Å². The lowest BCUT2D eigenvalue weighted by Crippen LogP contribution is -1.96. The third-order valence-corrected chi connectivity index (χ3v) is 2.86. The summed E-state index contributed by atoms with van der Waals surface area (Å²) in [6.45, 7) is 1.83. The van der Waals surface area contributed by atoms with Gasteiger partial charge in [-0.05, 0) is 25.1 Å². The topological polar surface area (TPSA) is 69.1 Å². The summed E-state index contributed by atoms with van der Waals surface area (Å²) >= 11 is 5.94. The Morgan fingerprint density at radius 2 is 2.06 bits per heavy atom. The summed E-state index contributed by atoms with van der Waals surface area (Å²) in [5.41, 5.74) is 8.16. The van der Waals surface area contributed by atoms with Crippen LogP contribution in [0.1, 0.15) is 5.82 Å². The molecular weight excluding hydrogens is 250 g/mol. The minimum atomic E-state index is 0.519. The quantitative estimate of drug-likeness (QED) is 0.728. The number of nitrogens with zero attached hydrogens (tertiary/aromatic N) is 4. The van der Waals surface area contributed by atoms with Crippen LogP contribution in [-0.2, 0) is 0 Å². The second-order valence-electron chi connectivity index (χ2n) is 3.91. The molecule has 18 heavy (non-hydrogen) atoms. The molecule has 90 valence electrons. The van der Waals surface area contributed by atoms with Crippen molar-refractivity contribution in [2.75, 3.05) is 5.73 Å². The molecule has 2 N–H and O–H groups in total. The lowest BCUT2D eigenvalue weighted by Gasteiger charge is -1.99. The maximum Gasteiger partial charge on any atom is 0.139 e. The molecule has 0 radical (unpaired) electrons. The van der Waals surface area contributed by atoms with Gasteiger partial charge in [-0.2, -0.15) is 0 Å². The van der Waals surface area contributed by atoms with Crippen molar-refractivity contribution in [2.45, 2.75) is 6.92 Å². The molecule has 0 aromatic carbocycles. The van der Waals surface area contributed by atoms with Crippen molar-refractivity contribution in [3.8, 4) is 11.4 Å². The predicted molar refractivity (Wildman–Crippen MR) is 70.4 cm³/mol. The van der Waals surface area contributed by atoms with E-state index in [-0.39, 0.29) is 0 Å². The molecule has 0 amide bonds. The molecule has 0 aliphatic rings. The zero-order chi connectivity index (χ0) is 12.7. The van der Waals surface area contributed by atoms with E-state index in [9.17, 15) is 0 Å². The van der Waals surface area contributed by atoms with E-state index in [2.05, 4.69) is 15.0 Å². The normalized spacial score (nSPS) is 11.0. The van der Waals surface area contributed by atoms with Gasteiger partial charge < -0.3 is 5.73 Å². The standard InChI is InChI=1S/C12H10ClN5/c1-7-15-5-4-9(16-7)11-12(14)18-6-8(13)2-3-10(18)17-11/h2-6H,14H2,1H3. The SMILES string of the molecule is Cc1nccc(-c2nc3ccc(Cl)cn3c2N)n1. The third kappa shape index (κ3) is 1.69. The number of fused-ring (bicyclic) bond motifs is 1. The minimum absolute atomic E-state index is 0.519. The molecule has 0 aliphatic carbocycles. The largest absolute Gasteiger partial charge is 0.383 e. The van der Waals surface area contributed by atoms with Crippen molar-refractivity contribution in [3.05, 3.63) is 41.4 Å². The number of aryl methyl sites for hydroxylation is 1. The van der Waals surface area contributed by atoms with Crippen LogP contribution in [0.2, 0.25) is 5.02 Å². The highest BCUT2D eigenvalue weighted by atomic mass is 35.5. The fourth-order valence-corrected chi connectivity index (χ4v) is 1.97. The Morgan fingerprint density at radius 3 is 2.83 bits per heavy atom. The van der Waals surface area contributed by atoms with Crippen LogP contribution in [0.3, 0.4) is 0 Å². The van der Waals surface area contributed by atoms with Crippen molar-refractivity contribution < 1.29 is 0 Å². The molecule has 3 aromatic heterocycles. The van der Waals surface area contributed by atoms with Gasteiger partial charge >= 0.3 is 0 Å². The Morgan fingerprint density at radius 1 is 1.22 bits per heavy atom. The number of imidazole rings is 1. The van der Waals surface area contributed by atoms with E-state index in [0.29, 0.717) is 28.1 Å². The average molecular weight is 260 g/mol. The Hall–Kier alpha value is -2.14. The van der Waals surface area contributed by atoms with Crippen LogP contribution in [0.25, 0.3) is 17.0 Å². The molecule has 0 unspecified atom stereocenters. The molecule has 0 atom stereocenters. The molecule has 0 spiro atoms. The maximum absolute atomic E-state index is 6.07. The Balaban J connectivity index is 2.27. The van der Waals surface area contributed by atoms with Crippen molar-refractivity contribution in [2.24, 2.45) is 0 Å². The van der Waals surface area contributed by atoms with E-state index < -0.39 is 0 Å². The van der Waals surface area contributed by atoms with Gasteiger partial charge in [0.15, 0.2) is 0 Å². The number of rotatable bonds is 1. The van der Waals surface area contributed by atoms with Crippen LogP contribution in [0.4, 0.5) is 5.82 Å². The van der Waals surface area contributed by atoms with Crippen LogP contribution < -0.4 is 5.73 Å². The average Bonchev–Trinajstić information content (AvgIpc) is 2.67. The smallest absolute Gasteiger partial charge is 0.139 e. The van der Waals surface area contributed by atoms with E-state index in [4.69, 9.17) is 17.3 Å². The summed E-state index contributed by atoms with van der Waals surface area (Å²) < 4.78 is 1.75. The zero-order valence-electron chi connectivity index (χ0n) is 9.63. The highest BCUT2D eigenvalue weighted by Gasteiger charge is 2.12. The summed E-state index contributed by atoms with van der Waals surface area (Å²) in [7, 11) is 0. The maximum atomic E-state index is 6.07. The number of aromatic nitrogens is 4. The first-order valence-electron chi connectivity index (χ1n) is 5.38. The van der Waals surface area contributed by atoms with Gasteiger partial charge in [0.1, 0.15) is 23.0 Å². The molecule has 0 aliphatic heterocycles. The molecular formula is C12H10ClN5. The highest BCUT2D eigenvalue weighted by Crippen LogP contribution is 2.25. The predicted octanol–water partition coefficient (Wildman–Crippen LogP) is 2.34. The number of halogens is 1. The van der Waals surface area contributed by atoms with E-state index in [1.165, 1.54) is 0 Å².